The SMILES string of the molecule is BrCc1ccccc1.CC(C)(C)OC(=O)N[C@@H](Cc1ccc(OCc2ccccc2)cc1)C(=O)O.COC(=O)[C@H](Cc1ccc(O)cc1)NC(=O)OC(C)(C)C.[H-].[Na+]. The Balaban J connectivity index is 0.000000930. The van der Waals surface area contributed by atoms with Crippen molar-refractivity contribution in [3.8, 4) is 11.5 Å². The van der Waals surface area contributed by atoms with Gasteiger partial charge in [-0.1, -0.05) is 101 Å². The second-order valence-corrected chi connectivity index (χ2v) is 14.9. The van der Waals surface area contributed by atoms with Crippen molar-refractivity contribution in [3.63, 3.8) is 0 Å². The van der Waals surface area contributed by atoms with Gasteiger partial charge in [-0.05, 0) is 88.1 Å². The minimum atomic E-state index is -1.12. The van der Waals surface area contributed by atoms with Crippen molar-refractivity contribution >= 4 is 40.1 Å². The summed E-state index contributed by atoms with van der Waals surface area (Å²) < 4.78 is 20.6. The third kappa shape index (κ3) is 22.7. The molecule has 4 N–H and O–H groups in total. The number of carboxylic acids is 1. The summed E-state index contributed by atoms with van der Waals surface area (Å²) in [6, 6.07) is 31.7. The molecule has 4 rings (SSSR count). The maximum absolute atomic E-state index is 11.8. The van der Waals surface area contributed by atoms with Gasteiger partial charge in [-0.25, -0.2) is 19.2 Å². The molecule has 0 aromatic heterocycles. The number of amides is 2. The number of halogens is 1. The third-order valence-electron chi connectivity index (χ3n) is 7.15. The van der Waals surface area contributed by atoms with Gasteiger partial charge in [-0.3, -0.25) is 0 Å². The van der Waals surface area contributed by atoms with Crippen molar-refractivity contribution in [1.82, 2.24) is 10.6 Å². The van der Waals surface area contributed by atoms with Crippen molar-refractivity contribution < 1.29 is 79.3 Å². The van der Waals surface area contributed by atoms with E-state index in [9.17, 15) is 29.4 Å². The Morgan fingerprint density at radius 3 is 1.47 bits per heavy atom. The van der Waals surface area contributed by atoms with Crippen molar-refractivity contribution in [2.24, 2.45) is 0 Å². The fraction of sp³-hybridized carbons (Fsp3) is 0.349. The summed E-state index contributed by atoms with van der Waals surface area (Å²) in [5.74, 6) is -0.859. The molecule has 0 radical (unpaired) electrons. The van der Waals surface area contributed by atoms with E-state index in [1.54, 1.807) is 77.9 Å². The summed E-state index contributed by atoms with van der Waals surface area (Å²) >= 11 is 3.36. The number of phenols is 1. The van der Waals surface area contributed by atoms with Gasteiger partial charge in [-0.2, -0.15) is 0 Å². The second-order valence-electron chi connectivity index (χ2n) is 14.4. The van der Waals surface area contributed by atoms with Crippen LogP contribution >= 0.6 is 15.9 Å². The molecule has 0 unspecified atom stereocenters. The Hall–Kier alpha value is -4.56. The molecule has 0 bridgehead atoms. The van der Waals surface area contributed by atoms with Gasteiger partial charge in [0.15, 0.2) is 0 Å². The van der Waals surface area contributed by atoms with Gasteiger partial charge in [0.25, 0.3) is 0 Å². The van der Waals surface area contributed by atoms with Crippen LogP contribution < -0.4 is 44.9 Å². The Bertz CT molecular complexity index is 1790. The van der Waals surface area contributed by atoms with Crippen molar-refractivity contribution in [3.05, 3.63) is 131 Å². The molecule has 0 fully saturated rings. The smallest absolute Gasteiger partial charge is 1.00 e. The number of rotatable bonds is 12. The van der Waals surface area contributed by atoms with Crippen LogP contribution in [0.4, 0.5) is 9.59 Å². The third-order valence-corrected chi connectivity index (χ3v) is 7.80. The van der Waals surface area contributed by atoms with Crippen LogP contribution in [0.3, 0.4) is 0 Å². The van der Waals surface area contributed by atoms with Gasteiger partial charge < -0.3 is 41.2 Å². The fourth-order valence-electron chi connectivity index (χ4n) is 4.57. The number of carboxylic acid groups (broad SMARTS) is 1. The minimum absolute atomic E-state index is 0. The molecule has 57 heavy (non-hydrogen) atoms. The average molecular weight is 862 g/mol. The quantitative estimate of drug-likeness (QED) is 0.0619. The number of benzene rings is 4. The Morgan fingerprint density at radius 1 is 0.649 bits per heavy atom. The van der Waals surface area contributed by atoms with Crippen molar-refractivity contribution in [2.45, 2.75) is 89.6 Å². The second kappa shape index (κ2) is 25.6. The zero-order valence-corrected chi connectivity index (χ0v) is 37.5. The zero-order valence-electron chi connectivity index (χ0n) is 34.9. The Labute approximate surface area is 367 Å². The monoisotopic (exact) mass is 860 g/mol. The zero-order chi connectivity index (χ0) is 41.7. The number of hydrogen-bond acceptors (Lipinski definition) is 9. The number of aromatic hydroxyl groups is 1. The summed E-state index contributed by atoms with van der Waals surface area (Å²) in [5, 5.41) is 24.4. The number of nitrogens with one attached hydrogen (secondary N) is 2. The summed E-state index contributed by atoms with van der Waals surface area (Å²) in [5.41, 5.74) is 2.60. The molecule has 0 aliphatic carbocycles. The van der Waals surface area contributed by atoms with Crippen molar-refractivity contribution in [1.29, 1.82) is 0 Å². The molecule has 14 heteroatoms. The van der Waals surface area contributed by atoms with Crippen LogP contribution in [0.2, 0.25) is 0 Å². The summed E-state index contributed by atoms with van der Waals surface area (Å²) in [6.45, 7) is 10.8. The predicted octanol–water partition coefficient (Wildman–Crippen LogP) is 5.49. The average Bonchev–Trinajstić information content (AvgIpc) is 3.14. The number of hydrogen-bond donors (Lipinski definition) is 4. The van der Waals surface area contributed by atoms with Gasteiger partial charge >= 0.3 is 53.7 Å². The first kappa shape index (κ1) is 50.5. The van der Waals surface area contributed by atoms with E-state index in [-0.39, 0.29) is 49.6 Å². The Morgan fingerprint density at radius 2 is 1.07 bits per heavy atom. The van der Waals surface area contributed by atoms with E-state index < -0.39 is 47.4 Å². The molecule has 0 saturated carbocycles. The van der Waals surface area contributed by atoms with E-state index in [1.807, 2.05) is 48.5 Å². The summed E-state index contributed by atoms with van der Waals surface area (Å²) in [7, 11) is 1.25. The first-order valence-corrected chi connectivity index (χ1v) is 18.9. The molecule has 0 heterocycles. The molecule has 2 atom stereocenters. The van der Waals surface area contributed by atoms with E-state index in [1.165, 1.54) is 24.8 Å². The number of carbonyl (C=O) groups is 4. The van der Waals surface area contributed by atoms with E-state index in [2.05, 4.69) is 43.4 Å². The van der Waals surface area contributed by atoms with Gasteiger partial charge in [-0.15, -0.1) is 0 Å². The molecule has 0 saturated heterocycles. The molecule has 0 aliphatic heterocycles. The van der Waals surface area contributed by atoms with Crippen LogP contribution in [-0.4, -0.2) is 64.7 Å². The number of esters is 1. The number of ether oxygens (including phenoxy) is 4. The molecule has 12 nitrogen and oxygen atoms in total. The van der Waals surface area contributed by atoms with Gasteiger partial charge in [0.1, 0.15) is 41.4 Å². The van der Waals surface area contributed by atoms with E-state index in [4.69, 9.17) is 14.2 Å². The molecule has 4 aromatic rings. The molecular weight excluding hydrogens is 807 g/mol. The molecule has 0 aliphatic rings. The van der Waals surface area contributed by atoms with Crippen LogP contribution in [-0.2, 0) is 48.6 Å². The number of aliphatic carboxylic acids is 1. The van der Waals surface area contributed by atoms with Gasteiger partial charge in [0.2, 0.25) is 0 Å². The fourth-order valence-corrected chi connectivity index (χ4v) is 4.94. The van der Waals surface area contributed by atoms with Crippen LogP contribution in [0.1, 0.15) is 65.2 Å². The number of carbonyl (C=O) groups excluding carboxylic acids is 3. The Kier molecular flexibility index (Phi) is 22.7. The van der Waals surface area contributed by atoms with Crippen LogP contribution in [0.5, 0.6) is 11.5 Å². The number of alkyl halides is 1. The predicted molar refractivity (Wildman–Crippen MR) is 219 cm³/mol. The number of methoxy groups -OCH3 is 1. The summed E-state index contributed by atoms with van der Waals surface area (Å²) in [6.07, 6.45) is -1.05. The van der Waals surface area contributed by atoms with Crippen LogP contribution in [0, 0.1) is 0 Å². The van der Waals surface area contributed by atoms with Crippen LogP contribution in [0.15, 0.2) is 109 Å². The minimum Gasteiger partial charge on any atom is -1.00 e. The van der Waals surface area contributed by atoms with E-state index >= 15 is 0 Å². The molecule has 304 valence electrons. The molecule has 0 spiro atoms. The maximum atomic E-state index is 11.8. The topological polar surface area (TPSA) is 170 Å². The molecule has 4 aromatic carbocycles. The van der Waals surface area contributed by atoms with Gasteiger partial charge in [0, 0.05) is 18.2 Å². The molecule has 2 amide bonds. The largest absolute Gasteiger partial charge is 1.00 e. The summed E-state index contributed by atoms with van der Waals surface area (Å²) in [4.78, 5) is 46.8. The number of phenolic OH excluding ortho intramolecular Hbond substituents is 1. The standard InChI is InChI=1S/C21H25NO5.C15H21NO5.C7H7Br.Na.H/c1-21(2,3)27-20(25)22-18(19(23)24)13-15-9-11-17(12-10-15)26-14-16-7-5-4-6-8-16;1-15(2,3)21-14(19)16-12(13(18)20-4)9-10-5-7-11(17)8-6-10;8-6-7-4-2-1-3-5-7;;/h4-12,18H,13-14H2,1-3H3,(H,22,25)(H,23,24);5-8,12,17H,9H2,1-4H3,(H,16,19);1-5H,6H2;;/q;;;+1;-1/t18-;12-;;;/m00.../s1. The van der Waals surface area contributed by atoms with Crippen molar-refractivity contribution in [2.75, 3.05) is 7.11 Å². The van der Waals surface area contributed by atoms with Gasteiger partial charge in [0.05, 0.1) is 7.11 Å². The first-order valence-electron chi connectivity index (χ1n) is 17.8. The molecular formula is C43H54BrN2NaO10. The number of alkyl carbamates (subject to hydrolysis) is 2. The van der Waals surface area contributed by atoms with E-state index in [0.29, 0.717) is 12.4 Å². The normalized spacial score (nSPS) is 11.6. The van der Waals surface area contributed by atoms with E-state index in [0.717, 1.165) is 22.0 Å². The maximum Gasteiger partial charge on any atom is 1.00 e. The van der Waals surface area contributed by atoms with Crippen LogP contribution in [0.25, 0.3) is 0 Å². The first-order chi connectivity index (χ1) is 26.4.